The Morgan fingerprint density at radius 1 is 1.39 bits per heavy atom. The van der Waals surface area contributed by atoms with Gasteiger partial charge in [0.25, 0.3) is 0 Å². The van der Waals surface area contributed by atoms with Crippen molar-refractivity contribution in [3.8, 4) is 0 Å². The molecule has 8 N–H and O–H groups in total. The van der Waals surface area contributed by atoms with Crippen LogP contribution in [0.5, 0.6) is 0 Å². The maximum absolute atomic E-state index is 11.2. The van der Waals surface area contributed by atoms with Crippen molar-refractivity contribution < 1.29 is 18.3 Å². The molecule has 100 valence electrons. The summed E-state index contributed by atoms with van der Waals surface area (Å²) in [6, 6.07) is 3.87. The molecule has 1 aromatic carbocycles. The van der Waals surface area contributed by atoms with Crippen molar-refractivity contribution in [2.45, 2.75) is 11.0 Å². The van der Waals surface area contributed by atoms with Crippen LogP contribution in [0.4, 0.5) is 11.4 Å². The SMILES string of the molecule is NC(=O)C(O)CNc1cc(N)cc(S(N)(=O)=O)c1. The van der Waals surface area contributed by atoms with Crippen molar-refractivity contribution in [2.75, 3.05) is 17.6 Å². The van der Waals surface area contributed by atoms with E-state index in [9.17, 15) is 18.3 Å². The number of hydrogen-bond acceptors (Lipinski definition) is 6. The summed E-state index contributed by atoms with van der Waals surface area (Å²) >= 11 is 0. The van der Waals surface area contributed by atoms with Gasteiger partial charge >= 0.3 is 0 Å². The number of nitrogens with two attached hydrogens (primary N) is 3. The fraction of sp³-hybridized carbons (Fsp3) is 0.222. The average Bonchev–Trinajstić information content (AvgIpc) is 2.23. The van der Waals surface area contributed by atoms with Crippen LogP contribution in [0.25, 0.3) is 0 Å². The van der Waals surface area contributed by atoms with Gasteiger partial charge in [-0.1, -0.05) is 0 Å². The van der Waals surface area contributed by atoms with Crippen LogP contribution in [0.15, 0.2) is 23.1 Å². The van der Waals surface area contributed by atoms with Crippen LogP contribution in [-0.4, -0.2) is 32.1 Å². The standard InChI is InChI=1S/C9H14N4O4S/c10-5-1-6(13-4-8(14)9(11)15)3-7(2-5)18(12,16)17/h1-3,8,13-14H,4,10H2,(H2,11,15)(H2,12,16,17). The number of nitrogen functional groups attached to an aromatic ring is 1. The predicted molar refractivity (Wildman–Crippen MR) is 65.9 cm³/mol. The molecule has 0 spiro atoms. The number of hydrogen-bond donors (Lipinski definition) is 5. The number of carbonyl (C=O) groups excluding carboxylic acids is 1. The summed E-state index contributed by atoms with van der Waals surface area (Å²) in [4.78, 5) is 10.4. The Balaban J connectivity index is 2.91. The van der Waals surface area contributed by atoms with Crippen LogP contribution in [0, 0.1) is 0 Å². The van der Waals surface area contributed by atoms with Crippen molar-refractivity contribution in [1.82, 2.24) is 0 Å². The monoisotopic (exact) mass is 274 g/mol. The molecule has 0 aromatic heterocycles. The van der Waals surface area contributed by atoms with Gasteiger partial charge in [-0.3, -0.25) is 4.79 Å². The minimum atomic E-state index is -3.88. The summed E-state index contributed by atoms with van der Waals surface area (Å²) in [7, 11) is -3.88. The smallest absolute Gasteiger partial charge is 0.248 e. The van der Waals surface area contributed by atoms with Gasteiger partial charge in [-0.2, -0.15) is 0 Å². The van der Waals surface area contributed by atoms with Gasteiger partial charge in [-0.05, 0) is 18.2 Å². The normalized spacial score (nSPS) is 13.0. The number of nitrogens with one attached hydrogen (secondary N) is 1. The first-order valence-electron chi connectivity index (χ1n) is 4.85. The van der Waals surface area contributed by atoms with E-state index >= 15 is 0 Å². The number of benzene rings is 1. The molecule has 0 saturated heterocycles. The Hall–Kier alpha value is -1.84. The Labute approximate surface area is 104 Å². The summed E-state index contributed by atoms with van der Waals surface area (Å²) in [5.74, 6) is -0.891. The average molecular weight is 274 g/mol. The minimum absolute atomic E-state index is 0.164. The molecule has 1 aromatic rings. The van der Waals surface area contributed by atoms with E-state index in [2.05, 4.69) is 5.32 Å². The van der Waals surface area contributed by atoms with Crippen molar-refractivity contribution >= 4 is 27.3 Å². The van der Waals surface area contributed by atoms with E-state index in [1.165, 1.54) is 18.2 Å². The van der Waals surface area contributed by atoms with Crippen LogP contribution in [0.3, 0.4) is 0 Å². The molecule has 1 unspecified atom stereocenters. The van der Waals surface area contributed by atoms with Gasteiger partial charge in [0, 0.05) is 17.9 Å². The first kappa shape index (κ1) is 14.2. The highest BCUT2D eigenvalue weighted by Crippen LogP contribution is 2.19. The van der Waals surface area contributed by atoms with Crippen molar-refractivity contribution in [2.24, 2.45) is 10.9 Å². The van der Waals surface area contributed by atoms with Crippen molar-refractivity contribution in [3.63, 3.8) is 0 Å². The molecule has 1 atom stereocenters. The van der Waals surface area contributed by atoms with Crippen LogP contribution in [0.1, 0.15) is 0 Å². The second kappa shape index (κ2) is 5.21. The topological polar surface area (TPSA) is 162 Å². The summed E-state index contributed by atoms with van der Waals surface area (Å²) in [6.07, 6.45) is -1.38. The lowest BCUT2D eigenvalue weighted by Gasteiger charge is -2.11. The maximum Gasteiger partial charge on any atom is 0.248 e. The quantitative estimate of drug-likeness (QED) is 0.397. The molecule has 1 amide bonds. The molecule has 0 radical (unpaired) electrons. The highest BCUT2D eigenvalue weighted by atomic mass is 32.2. The zero-order chi connectivity index (χ0) is 13.9. The van der Waals surface area contributed by atoms with Crippen LogP contribution < -0.4 is 21.9 Å². The molecule has 1 rings (SSSR count). The zero-order valence-electron chi connectivity index (χ0n) is 9.33. The number of anilines is 2. The maximum atomic E-state index is 11.2. The number of primary amides is 1. The van der Waals surface area contributed by atoms with Crippen LogP contribution >= 0.6 is 0 Å². The number of sulfonamides is 1. The van der Waals surface area contributed by atoms with Gasteiger partial charge < -0.3 is 21.9 Å². The Kier molecular flexibility index (Phi) is 4.11. The lowest BCUT2D eigenvalue weighted by atomic mass is 10.2. The third-order valence-corrected chi connectivity index (χ3v) is 2.98. The highest BCUT2D eigenvalue weighted by Gasteiger charge is 2.12. The molecule has 8 nitrogen and oxygen atoms in total. The molecule has 18 heavy (non-hydrogen) atoms. The van der Waals surface area contributed by atoms with E-state index in [1.54, 1.807) is 0 Å². The van der Waals surface area contributed by atoms with Crippen molar-refractivity contribution in [3.05, 3.63) is 18.2 Å². The lowest BCUT2D eigenvalue weighted by Crippen LogP contribution is -2.34. The molecule has 0 aliphatic rings. The molecule has 0 fully saturated rings. The first-order valence-corrected chi connectivity index (χ1v) is 6.39. The second-order valence-electron chi connectivity index (χ2n) is 3.63. The van der Waals surface area contributed by atoms with E-state index in [0.29, 0.717) is 5.69 Å². The fourth-order valence-corrected chi connectivity index (χ4v) is 1.80. The summed E-state index contributed by atoms with van der Waals surface area (Å²) < 4.78 is 22.3. The first-order chi connectivity index (χ1) is 8.20. The number of primary sulfonamides is 1. The molecular formula is C9H14N4O4S. The molecule has 0 aliphatic carbocycles. The lowest BCUT2D eigenvalue weighted by molar-refractivity contribution is -0.125. The van der Waals surface area contributed by atoms with E-state index in [1.807, 2.05) is 0 Å². The predicted octanol–water partition coefficient (Wildman–Crippen LogP) is -1.83. The number of amides is 1. The van der Waals surface area contributed by atoms with Gasteiger partial charge in [-0.25, -0.2) is 13.6 Å². The Morgan fingerprint density at radius 2 is 2.00 bits per heavy atom. The Morgan fingerprint density at radius 3 is 2.50 bits per heavy atom. The summed E-state index contributed by atoms with van der Waals surface area (Å²) in [6.45, 7) is -0.164. The van der Waals surface area contributed by atoms with Gasteiger partial charge in [0.1, 0.15) is 6.10 Å². The number of aliphatic hydroxyl groups is 1. The Bertz CT molecular complexity index is 558. The second-order valence-corrected chi connectivity index (χ2v) is 5.20. The van der Waals surface area contributed by atoms with E-state index in [-0.39, 0.29) is 17.1 Å². The molecule has 9 heteroatoms. The van der Waals surface area contributed by atoms with Crippen LogP contribution in [-0.2, 0) is 14.8 Å². The highest BCUT2D eigenvalue weighted by molar-refractivity contribution is 7.89. The largest absolute Gasteiger partial charge is 0.399 e. The van der Waals surface area contributed by atoms with E-state index < -0.39 is 22.0 Å². The van der Waals surface area contributed by atoms with Crippen molar-refractivity contribution in [1.29, 1.82) is 0 Å². The molecule has 0 aliphatic heterocycles. The molecule has 0 bridgehead atoms. The summed E-state index contributed by atoms with van der Waals surface area (Å²) in [5.41, 5.74) is 10.9. The van der Waals surface area contributed by atoms with E-state index in [4.69, 9.17) is 16.6 Å². The van der Waals surface area contributed by atoms with Gasteiger partial charge in [0.2, 0.25) is 15.9 Å². The number of rotatable bonds is 5. The zero-order valence-corrected chi connectivity index (χ0v) is 10.1. The third kappa shape index (κ3) is 3.87. The van der Waals surface area contributed by atoms with Gasteiger partial charge in [0.05, 0.1) is 4.90 Å². The fourth-order valence-electron chi connectivity index (χ4n) is 1.20. The van der Waals surface area contributed by atoms with Crippen LogP contribution in [0.2, 0.25) is 0 Å². The molecule has 0 heterocycles. The third-order valence-electron chi connectivity index (χ3n) is 2.09. The van der Waals surface area contributed by atoms with E-state index in [0.717, 1.165) is 0 Å². The summed E-state index contributed by atoms with van der Waals surface area (Å²) in [5, 5.41) is 16.8. The number of carbonyl (C=O) groups is 1. The number of aliphatic hydroxyl groups excluding tert-OH is 1. The molecule has 0 saturated carbocycles. The molecular weight excluding hydrogens is 260 g/mol. The van der Waals surface area contributed by atoms with Gasteiger partial charge in [-0.15, -0.1) is 0 Å². The minimum Gasteiger partial charge on any atom is -0.399 e. The van der Waals surface area contributed by atoms with Gasteiger partial charge in [0.15, 0.2) is 0 Å².